The normalized spacial score (nSPS) is 11.8. The van der Waals surface area contributed by atoms with Gasteiger partial charge in [-0.15, -0.1) is 0 Å². The molecule has 0 saturated heterocycles. The molecule has 0 atom stereocenters. The van der Waals surface area contributed by atoms with Crippen molar-refractivity contribution in [2.75, 3.05) is 0 Å². The Kier molecular flexibility index (Phi) is 8.83. The summed E-state index contributed by atoms with van der Waals surface area (Å²) in [6.07, 6.45) is 0. The Morgan fingerprint density at radius 2 is 0.783 bits per heavy atom. The number of hydrogen-bond acceptors (Lipinski definition) is 2. The molecule has 0 amide bonds. The van der Waals surface area contributed by atoms with Crippen LogP contribution in [0.4, 0.5) is 0 Å². The lowest BCUT2D eigenvalue weighted by molar-refractivity contribution is 1.16. The highest BCUT2D eigenvalue weighted by Gasteiger charge is 2.24. The molecule has 69 heavy (non-hydrogen) atoms. The van der Waals surface area contributed by atoms with E-state index in [0.717, 1.165) is 72.8 Å². The van der Waals surface area contributed by atoms with E-state index in [1.165, 1.54) is 48.9 Å². The zero-order valence-electron chi connectivity index (χ0n) is 37.4. The minimum Gasteiger partial charge on any atom is -0.309 e. The maximum atomic E-state index is 5.29. The molecule has 0 radical (unpaired) electrons. The van der Waals surface area contributed by atoms with Gasteiger partial charge in [0.2, 0.25) is 0 Å². The molecule has 14 rings (SSSR count). The van der Waals surface area contributed by atoms with Crippen LogP contribution in [0.2, 0.25) is 0 Å². The van der Waals surface area contributed by atoms with Crippen molar-refractivity contribution >= 4 is 65.4 Å². The summed E-state index contributed by atoms with van der Waals surface area (Å²) in [5.74, 6) is 0.691. The van der Waals surface area contributed by atoms with Gasteiger partial charge < -0.3 is 13.7 Å². The first-order valence-corrected chi connectivity index (χ1v) is 23.5. The quantitative estimate of drug-likeness (QED) is 0.160. The van der Waals surface area contributed by atoms with Gasteiger partial charge in [-0.05, 0) is 78.4 Å². The van der Waals surface area contributed by atoms with Crippen LogP contribution in [0.1, 0.15) is 0 Å². The Balaban J connectivity index is 1.09. The molecule has 5 nitrogen and oxygen atoms in total. The highest BCUT2D eigenvalue weighted by Crippen LogP contribution is 2.45. The van der Waals surface area contributed by atoms with E-state index in [4.69, 9.17) is 9.97 Å². The summed E-state index contributed by atoms with van der Waals surface area (Å²) in [6.45, 7) is 0. The lowest BCUT2D eigenvalue weighted by Crippen LogP contribution is -2.00. The minimum atomic E-state index is 0.691. The van der Waals surface area contributed by atoms with E-state index in [9.17, 15) is 0 Å². The number of benzene rings is 10. The van der Waals surface area contributed by atoms with Crippen molar-refractivity contribution in [1.29, 1.82) is 0 Å². The monoisotopic (exact) mass is 879 g/mol. The molecule has 0 spiro atoms. The molecule has 0 fully saturated rings. The van der Waals surface area contributed by atoms with Crippen molar-refractivity contribution in [3.05, 3.63) is 249 Å². The van der Waals surface area contributed by atoms with Gasteiger partial charge in [0, 0.05) is 65.9 Å². The van der Waals surface area contributed by atoms with E-state index in [1.54, 1.807) is 0 Å². The van der Waals surface area contributed by atoms with Gasteiger partial charge in [-0.25, -0.2) is 9.97 Å². The number of para-hydroxylation sites is 4. The van der Waals surface area contributed by atoms with Crippen molar-refractivity contribution < 1.29 is 0 Å². The molecule has 14 aromatic rings. The zero-order chi connectivity index (χ0) is 45.4. The van der Waals surface area contributed by atoms with Gasteiger partial charge >= 0.3 is 0 Å². The summed E-state index contributed by atoms with van der Waals surface area (Å²) in [7, 11) is 0. The number of nitrogens with zero attached hydrogens (tertiary/aromatic N) is 5. The van der Waals surface area contributed by atoms with Gasteiger partial charge in [-0.2, -0.15) is 0 Å². The zero-order valence-corrected chi connectivity index (χ0v) is 37.4. The first kappa shape index (κ1) is 38.9. The molecule has 5 heteroatoms. The number of fused-ring (bicyclic) bond motifs is 10. The first-order valence-electron chi connectivity index (χ1n) is 23.5. The number of rotatable bonds is 7. The van der Waals surface area contributed by atoms with Crippen LogP contribution < -0.4 is 0 Å². The molecule has 0 aliphatic heterocycles. The van der Waals surface area contributed by atoms with Crippen LogP contribution >= 0.6 is 0 Å². The second-order valence-corrected chi connectivity index (χ2v) is 17.7. The van der Waals surface area contributed by atoms with Crippen molar-refractivity contribution in [3.8, 4) is 62.1 Å². The van der Waals surface area contributed by atoms with Gasteiger partial charge in [0.15, 0.2) is 5.82 Å². The predicted octanol–water partition coefficient (Wildman–Crippen LogP) is 16.4. The highest BCUT2D eigenvalue weighted by molar-refractivity contribution is 6.26. The van der Waals surface area contributed by atoms with Gasteiger partial charge in [-0.1, -0.05) is 176 Å². The maximum absolute atomic E-state index is 5.29. The van der Waals surface area contributed by atoms with Gasteiger partial charge in [0.25, 0.3) is 0 Å². The fourth-order valence-electron chi connectivity index (χ4n) is 10.8. The van der Waals surface area contributed by atoms with Crippen LogP contribution in [0.3, 0.4) is 0 Å². The molecule has 0 saturated carbocycles. The molecule has 4 aromatic heterocycles. The summed E-state index contributed by atoms with van der Waals surface area (Å²) in [5.41, 5.74) is 17.3. The van der Waals surface area contributed by atoms with Crippen LogP contribution in [0.25, 0.3) is 128 Å². The van der Waals surface area contributed by atoms with E-state index >= 15 is 0 Å². The third-order valence-corrected chi connectivity index (χ3v) is 13.8. The molecular formula is C64H41N5. The summed E-state index contributed by atoms with van der Waals surface area (Å²) in [6, 6.07) is 89.3. The Labute approximate surface area is 398 Å². The topological polar surface area (TPSA) is 40.6 Å². The third-order valence-electron chi connectivity index (χ3n) is 13.8. The summed E-state index contributed by atoms with van der Waals surface area (Å²) in [5, 5.41) is 7.27. The number of hydrogen-bond donors (Lipinski definition) is 0. The standard InChI is InChI=1S/C64H41N5/c1-5-19-42(20-6-1)52-39-45(55-41-54(43-21-7-2-8-22-43)65-64(66-55)44-23-9-3-10-24-44)33-36-59(52)69-60-37-34-47(68-56-30-16-13-27-48(56)49-28-14-17-31-57(49)68)40-53(60)50-35-38-61-62(63(50)69)51-29-15-18-32-58(51)67(61)46-25-11-4-12-26-46/h1-41H. The molecule has 0 bridgehead atoms. The smallest absolute Gasteiger partial charge is 0.160 e. The van der Waals surface area contributed by atoms with Crippen LogP contribution in [-0.2, 0) is 0 Å². The molecule has 0 aliphatic carbocycles. The molecule has 10 aromatic carbocycles. The summed E-state index contributed by atoms with van der Waals surface area (Å²) >= 11 is 0. The van der Waals surface area contributed by atoms with Crippen molar-refractivity contribution in [2.45, 2.75) is 0 Å². The molecule has 0 aliphatic rings. The van der Waals surface area contributed by atoms with Gasteiger partial charge in [-0.3, -0.25) is 0 Å². The lowest BCUT2D eigenvalue weighted by Gasteiger charge is -2.17. The second kappa shape index (κ2) is 15.7. The highest BCUT2D eigenvalue weighted by atomic mass is 15.0. The first-order chi connectivity index (χ1) is 34.2. The third kappa shape index (κ3) is 6.18. The SMILES string of the molecule is c1ccc(-c2cc(-c3ccc(-n4c5ccc(-n6c7ccccc7c7ccccc76)cc5c5ccc6c(c7ccccc7n6-c6ccccc6)c54)c(-c4ccccc4)c3)nc(-c3ccccc3)n2)cc1. The molecule has 0 unspecified atom stereocenters. The van der Waals surface area contributed by atoms with Crippen LogP contribution in [-0.4, -0.2) is 23.7 Å². The summed E-state index contributed by atoms with van der Waals surface area (Å²) in [4.78, 5) is 10.4. The Bertz CT molecular complexity index is 4170. The predicted molar refractivity (Wildman–Crippen MR) is 287 cm³/mol. The maximum Gasteiger partial charge on any atom is 0.160 e. The van der Waals surface area contributed by atoms with Crippen LogP contribution in [0, 0.1) is 0 Å². The molecule has 0 N–H and O–H groups in total. The summed E-state index contributed by atoms with van der Waals surface area (Å²) < 4.78 is 7.37. The second-order valence-electron chi connectivity index (χ2n) is 17.7. The Hall–Kier alpha value is -9.32. The van der Waals surface area contributed by atoms with E-state index in [2.05, 4.69) is 238 Å². The van der Waals surface area contributed by atoms with E-state index < -0.39 is 0 Å². The lowest BCUT2D eigenvalue weighted by atomic mass is 9.98. The fraction of sp³-hybridized carbons (Fsp3) is 0. The average Bonchev–Trinajstić information content (AvgIpc) is 4.07. The average molecular weight is 880 g/mol. The van der Waals surface area contributed by atoms with E-state index in [0.29, 0.717) is 5.82 Å². The molecule has 4 heterocycles. The van der Waals surface area contributed by atoms with E-state index in [-0.39, 0.29) is 0 Å². The van der Waals surface area contributed by atoms with Gasteiger partial charge in [0.05, 0.1) is 50.2 Å². The number of aromatic nitrogens is 5. The Morgan fingerprint density at radius 1 is 0.275 bits per heavy atom. The van der Waals surface area contributed by atoms with Crippen LogP contribution in [0.15, 0.2) is 249 Å². The largest absolute Gasteiger partial charge is 0.309 e. The van der Waals surface area contributed by atoms with Crippen molar-refractivity contribution in [1.82, 2.24) is 23.7 Å². The Morgan fingerprint density at radius 3 is 1.45 bits per heavy atom. The van der Waals surface area contributed by atoms with Crippen molar-refractivity contribution in [2.24, 2.45) is 0 Å². The van der Waals surface area contributed by atoms with Crippen LogP contribution in [0.5, 0.6) is 0 Å². The van der Waals surface area contributed by atoms with Gasteiger partial charge in [0.1, 0.15) is 0 Å². The minimum absolute atomic E-state index is 0.691. The van der Waals surface area contributed by atoms with E-state index in [1.807, 2.05) is 24.3 Å². The van der Waals surface area contributed by atoms with Crippen molar-refractivity contribution in [3.63, 3.8) is 0 Å². The molecule has 322 valence electrons. The fourth-order valence-corrected chi connectivity index (χ4v) is 10.8. The molecular weight excluding hydrogens is 839 g/mol.